The number of nitrogens with two attached hydrogens (primary N) is 1. The van der Waals surface area contributed by atoms with Crippen LogP contribution in [0.5, 0.6) is 5.75 Å². The first-order chi connectivity index (χ1) is 8.33. The van der Waals surface area contributed by atoms with Crippen LogP contribution in [-0.2, 0) is 0 Å². The van der Waals surface area contributed by atoms with Gasteiger partial charge in [-0.1, -0.05) is 18.9 Å². The van der Waals surface area contributed by atoms with Crippen molar-refractivity contribution in [3.63, 3.8) is 0 Å². The molecule has 0 saturated heterocycles. The monoisotopic (exact) mass is 232 g/mol. The second kappa shape index (κ2) is 4.57. The number of hydrogen-bond acceptors (Lipinski definition) is 3. The third kappa shape index (κ3) is 2.25. The molecular formula is C14H20N2O. The molecule has 0 bridgehead atoms. The molecule has 1 saturated carbocycles. The lowest BCUT2D eigenvalue weighted by Gasteiger charge is -2.29. The molecule has 1 fully saturated rings. The van der Waals surface area contributed by atoms with Gasteiger partial charge in [-0.3, -0.25) is 0 Å². The molecule has 2 aliphatic rings. The Kier molecular flexibility index (Phi) is 2.93. The lowest BCUT2D eigenvalue weighted by Crippen LogP contribution is -2.33. The van der Waals surface area contributed by atoms with Crippen LogP contribution in [-0.4, -0.2) is 12.6 Å². The van der Waals surface area contributed by atoms with Crippen molar-refractivity contribution in [3.05, 3.63) is 23.8 Å². The van der Waals surface area contributed by atoms with Gasteiger partial charge < -0.3 is 15.8 Å². The van der Waals surface area contributed by atoms with Gasteiger partial charge >= 0.3 is 0 Å². The van der Waals surface area contributed by atoms with Crippen LogP contribution in [0.1, 0.15) is 43.7 Å². The number of benzene rings is 1. The maximum Gasteiger partial charge on any atom is 0.126 e. The Morgan fingerprint density at radius 2 is 2.00 bits per heavy atom. The van der Waals surface area contributed by atoms with Crippen molar-refractivity contribution >= 4 is 5.69 Å². The molecule has 1 atom stereocenters. The lowest BCUT2D eigenvalue weighted by molar-refractivity contribution is 0.244. The highest BCUT2D eigenvalue weighted by molar-refractivity contribution is 5.50. The summed E-state index contributed by atoms with van der Waals surface area (Å²) in [5.74, 6) is 0.965. The van der Waals surface area contributed by atoms with Crippen molar-refractivity contribution < 1.29 is 4.74 Å². The van der Waals surface area contributed by atoms with E-state index < -0.39 is 0 Å². The van der Waals surface area contributed by atoms with Gasteiger partial charge in [0, 0.05) is 35.8 Å². The quantitative estimate of drug-likeness (QED) is 0.771. The van der Waals surface area contributed by atoms with Gasteiger partial charge in [0.2, 0.25) is 0 Å². The zero-order valence-corrected chi connectivity index (χ0v) is 10.1. The van der Waals surface area contributed by atoms with Crippen molar-refractivity contribution in [2.24, 2.45) is 0 Å². The van der Waals surface area contributed by atoms with E-state index in [1.54, 1.807) is 0 Å². The molecule has 17 heavy (non-hydrogen) atoms. The predicted octanol–water partition coefficient (Wildman–Crippen LogP) is 2.62. The fourth-order valence-corrected chi connectivity index (χ4v) is 2.96. The summed E-state index contributed by atoms with van der Waals surface area (Å²) >= 11 is 0. The van der Waals surface area contributed by atoms with Crippen molar-refractivity contribution in [3.8, 4) is 5.75 Å². The highest BCUT2D eigenvalue weighted by Crippen LogP contribution is 2.34. The van der Waals surface area contributed by atoms with Crippen molar-refractivity contribution in [2.45, 2.75) is 44.2 Å². The van der Waals surface area contributed by atoms with E-state index in [0.29, 0.717) is 12.1 Å². The van der Waals surface area contributed by atoms with Crippen LogP contribution in [0.25, 0.3) is 0 Å². The number of rotatable bonds is 2. The van der Waals surface area contributed by atoms with Crippen molar-refractivity contribution in [1.82, 2.24) is 5.32 Å². The molecule has 0 amide bonds. The Bertz CT molecular complexity index is 399. The minimum Gasteiger partial charge on any atom is -0.493 e. The van der Waals surface area contributed by atoms with Gasteiger partial charge in [0.15, 0.2) is 0 Å². The lowest BCUT2D eigenvalue weighted by atomic mass is 9.99. The zero-order chi connectivity index (χ0) is 11.7. The van der Waals surface area contributed by atoms with Gasteiger partial charge in [-0.25, -0.2) is 0 Å². The molecule has 0 spiro atoms. The number of fused-ring (bicyclic) bond motifs is 1. The fourth-order valence-electron chi connectivity index (χ4n) is 2.96. The van der Waals surface area contributed by atoms with Crippen LogP contribution >= 0.6 is 0 Å². The minimum absolute atomic E-state index is 0.447. The van der Waals surface area contributed by atoms with Gasteiger partial charge in [-0.2, -0.15) is 0 Å². The zero-order valence-electron chi connectivity index (χ0n) is 10.1. The van der Waals surface area contributed by atoms with E-state index in [4.69, 9.17) is 10.5 Å². The summed E-state index contributed by atoms with van der Waals surface area (Å²) in [6.07, 6.45) is 6.45. The van der Waals surface area contributed by atoms with Crippen LogP contribution in [0.4, 0.5) is 5.69 Å². The molecule has 1 aliphatic heterocycles. The number of hydrogen-bond donors (Lipinski definition) is 2. The Labute approximate surface area is 102 Å². The number of nitrogen functional groups attached to an aromatic ring is 1. The predicted molar refractivity (Wildman–Crippen MR) is 69.1 cm³/mol. The molecule has 92 valence electrons. The SMILES string of the molecule is Nc1ccc2c(c1)OCCC2NC1CCCC1. The van der Waals surface area contributed by atoms with E-state index in [1.165, 1.54) is 31.2 Å². The van der Waals surface area contributed by atoms with E-state index >= 15 is 0 Å². The summed E-state index contributed by atoms with van der Waals surface area (Å²) in [7, 11) is 0. The maximum atomic E-state index is 5.79. The molecular weight excluding hydrogens is 212 g/mol. The van der Waals surface area contributed by atoms with Crippen LogP contribution in [0.2, 0.25) is 0 Å². The van der Waals surface area contributed by atoms with Gasteiger partial charge in [-0.05, 0) is 18.9 Å². The first-order valence-electron chi connectivity index (χ1n) is 6.61. The summed E-state index contributed by atoms with van der Waals surface area (Å²) in [5, 5.41) is 3.77. The molecule has 3 nitrogen and oxygen atoms in total. The van der Waals surface area contributed by atoms with Gasteiger partial charge in [-0.15, -0.1) is 0 Å². The summed E-state index contributed by atoms with van der Waals surface area (Å²) in [6, 6.07) is 7.16. The average molecular weight is 232 g/mol. The first kappa shape index (κ1) is 10.9. The smallest absolute Gasteiger partial charge is 0.126 e. The van der Waals surface area contributed by atoms with Crippen LogP contribution in [0.3, 0.4) is 0 Å². The molecule has 1 aromatic carbocycles. The van der Waals surface area contributed by atoms with E-state index in [0.717, 1.165) is 24.5 Å². The normalized spacial score (nSPS) is 24.4. The Balaban J connectivity index is 1.78. The van der Waals surface area contributed by atoms with E-state index in [9.17, 15) is 0 Å². The second-order valence-corrected chi connectivity index (χ2v) is 5.14. The third-order valence-corrected chi connectivity index (χ3v) is 3.87. The highest BCUT2D eigenvalue weighted by atomic mass is 16.5. The molecule has 1 aromatic rings. The molecule has 1 heterocycles. The topological polar surface area (TPSA) is 47.3 Å². The number of ether oxygens (including phenoxy) is 1. The molecule has 3 N–H and O–H groups in total. The first-order valence-corrected chi connectivity index (χ1v) is 6.61. The largest absolute Gasteiger partial charge is 0.493 e. The molecule has 3 heteroatoms. The fraction of sp³-hybridized carbons (Fsp3) is 0.571. The van der Waals surface area contributed by atoms with Crippen molar-refractivity contribution in [2.75, 3.05) is 12.3 Å². The minimum atomic E-state index is 0.447. The molecule has 3 rings (SSSR count). The molecule has 0 radical (unpaired) electrons. The van der Waals surface area contributed by atoms with E-state index in [2.05, 4.69) is 11.4 Å². The van der Waals surface area contributed by atoms with Gasteiger partial charge in [0.25, 0.3) is 0 Å². The molecule has 0 aromatic heterocycles. The second-order valence-electron chi connectivity index (χ2n) is 5.14. The van der Waals surface area contributed by atoms with E-state index in [-0.39, 0.29) is 0 Å². The summed E-state index contributed by atoms with van der Waals surface area (Å²) in [5.41, 5.74) is 7.85. The third-order valence-electron chi connectivity index (χ3n) is 3.87. The average Bonchev–Trinajstić information content (AvgIpc) is 2.82. The summed E-state index contributed by atoms with van der Waals surface area (Å²) in [4.78, 5) is 0. The maximum absolute atomic E-state index is 5.79. The Morgan fingerprint density at radius 1 is 1.18 bits per heavy atom. The van der Waals surface area contributed by atoms with Gasteiger partial charge in [0.05, 0.1) is 6.61 Å². The van der Waals surface area contributed by atoms with Gasteiger partial charge in [0.1, 0.15) is 5.75 Å². The van der Waals surface area contributed by atoms with Crippen LogP contribution in [0.15, 0.2) is 18.2 Å². The summed E-state index contributed by atoms with van der Waals surface area (Å²) in [6.45, 7) is 0.792. The van der Waals surface area contributed by atoms with Crippen molar-refractivity contribution in [1.29, 1.82) is 0 Å². The van der Waals surface area contributed by atoms with E-state index in [1.807, 2.05) is 12.1 Å². The molecule has 1 unspecified atom stereocenters. The van der Waals surface area contributed by atoms with Crippen LogP contribution in [0, 0.1) is 0 Å². The molecule has 1 aliphatic carbocycles. The van der Waals surface area contributed by atoms with Crippen LogP contribution < -0.4 is 15.8 Å². The highest BCUT2D eigenvalue weighted by Gasteiger charge is 2.25. The number of nitrogens with one attached hydrogen (secondary N) is 1. The summed E-state index contributed by atoms with van der Waals surface area (Å²) < 4.78 is 5.68. The standard InChI is InChI=1S/C14H20N2O/c15-10-5-6-12-13(7-8-17-14(12)9-10)16-11-3-1-2-4-11/h5-6,9,11,13,16H,1-4,7-8,15H2. The Morgan fingerprint density at radius 3 is 2.82 bits per heavy atom. The Hall–Kier alpha value is -1.22. The number of anilines is 1.